The van der Waals surface area contributed by atoms with E-state index >= 15 is 0 Å². The lowest BCUT2D eigenvalue weighted by Gasteiger charge is -2.12. The van der Waals surface area contributed by atoms with Crippen LogP contribution < -0.4 is 15.4 Å². The fraction of sp³-hybridized carbons (Fsp3) is 0.350. The highest BCUT2D eigenvalue weighted by Gasteiger charge is 2.06. The van der Waals surface area contributed by atoms with E-state index in [0.29, 0.717) is 25.4 Å². The van der Waals surface area contributed by atoms with Crippen molar-refractivity contribution < 1.29 is 19.7 Å². The number of ether oxygens (including phenoxy) is 1. The highest BCUT2D eigenvalue weighted by atomic mass is 16.5. The first-order chi connectivity index (χ1) is 12.6. The van der Waals surface area contributed by atoms with Gasteiger partial charge in [-0.3, -0.25) is 4.79 Å². The van der Waals surface area contributed by atoms with Gasteiger partial charge in [0.1, 0.15) is 5.75 Å². The Kier molecular flexibility index (Phi) is 8.08. The topological polar surface area (TPSA) is 90.8 Å². The zero-order chi connectivity index (χ0) is 18.8. The first-order valence-electron chi connectivity index (χ1n) is 8.67. The van der Waals surface area contributed by atoms with Crippen molar-refractivity contribution in [1.82, 2.24) is 10.6 Å². The van der Waals surface area contributed by atoms with Gasteiger partial charge in [0.2, 0.25) is 0 Å². The molecule has 26 heavy (non-hydrogen) atoms. The number of aliphatic hydroxyl groups excluding tert-OH is 2. The number of benzene rings is 2. The van der Waals surface area contributed by atoms with Gasteiger partial charge in [0.25, 0.3) is 5.91 Å². The summed E-state index contributed by atoms with van der Waals surface area (Å²) in [4.78, 5) is 11.8. The molecule has 0 fully saturated rings. The smallest absolute Gasteiger partial charge is 0.257 e. The largest absolute Gasteiger partial charge is 0.484 e. The van der Waals surface area contributed by atoms with Crippen molar-refractivity contribution >= 4 is 5.91 Å². The van der Waals surface area contributed by atoms with E-state index in [1.165, 1.54) is 0 Å². The van der Waals surface area contributed by atoms with E-state index in [1.807, 2.05) is 30.3 Å². The van der Waals surface area contributed by atoms with Crippen molar-refractivity contribution in [3.8, 4) is 5.75 Å². The SMILES string of the molecule is CC(O)c1ccc(OCC(=O)NCCNCC(O)c2ccccc2)cc1. The Morgan fingerprint density at radius 2 is 1.69 bits per heavy atom. The van der Waals surface area contributed by atoms with E-state index in [2.05, 4.69) is 10.6 Å². The average molecular weight is 358 g/mol. The molecule has 6 heteroatoms. The quantitative estimate of drug-likeness (QED) is 0.484. The summed E-state index contributed by atoms with van der Waals surface area (Å²) in [5.74, 6) is 0.365. The zero-order valence-electron chi connectivity index (χ0n) is 14.9. The van der Waals surface area contributed by atoms with Crippen LogP contribution in [0.5, 0.6) is 5.75 Å². The third-order valence-corrected chi connectivity index (χ3v) is 3.88. The molecule has 0 bridgehead atoms. The number of rotatable bonds is 10. The second-order valence-electron chi connectivity index (χ2n) is 6.01. The highest BCUT2D eigenvalue weighted by Crippen LogP contribution is 2.17. The minimum absolute atomic E-state index is 0.0688. The maximum Gasteiger partial charge on any atom is 0.257 e. The third-order valence-electron chi connectivity index (χ3n) is 3.88. The summed E-state index contributed by atoms with van der Waals surface area (Å²) in [5.41, 5.74) is 1.66. The van der Waals surface area contributed by atoms with Crippen molar-refractivity contribution in [2.24, 2.45) is 0 Å². The summed E-state index contributed by atoms with van der Waals surface area (Å²) >= 11 is 0. The Bertz CT molecular complexity index is 659. The fourth-order valence-corrected chi connectivity index (χ4v) is 2.36. The predicted octanol–water partition coefficient (Wildman–Crippen LogP) is 1.56. The van der Waals surface area contributed by atoms with E-state index in [0.717, 1.165) is 11.1 Å². The van der Waals surface area contributed by atoms with Crippen LogP contribution in [-0.4, -0.2) is 42.4 Å². The van der Waals surface area contributed by atoms with Crippen LogP contribution in [-0.2, 0) is 4.79 Å². The number of nitrogens with one attached hydrogen (secondary N) is 2. The molecule has 4 N–H and O–H groups in total. The van der Waals surface area contributed by atoms with Gasteiger partial charge in [-0.05, 0) is 30.2 Å². The molecular weight excluding hydrogens is 332 g/mol. The van der Waals surface area contributed by atoms with Crippen LogP contribution in [0.25, 0.3) is 0 Å². The minimum atomic E-state index is -0.570. The Morgan fingerprint density at radius 1 is 1.00 bits per heavy atom. The van der Waals surface area contributed by atoms with E-state index in [1.54, 1.807) is 31.2 Å². The van der Waals surface area contributed by atoms with Gasteiger partial charge in [-0.25, -0.2) is 0 Å². The Balaban J connectivity index is 1.57. The summed E-state index contributed by atoms with van der Waals surface area (Å²) in [6.07, 6.45) is -1.10. The third kappa shape index (κ3) is 6.84. The molecule has 0 saturated carbocycles. The van der Waals surface area contributed by atoms with Crippen molar-refractivity contribution in [3.05, 3.63) is 65.7 Å². The maximum absolute atomic E-state index is 11.8. The molecule has 0 radical (unpaired) electrons. The van der Waals surface area contributed by atoms with Gasteiger partial charge in [0.15, 0.2) is 6.61 Å². The standard InChI is InChI=1S/C20H26N2O4/c1-15(23)16-7-9-18(10-8-16)26-14-20(25)22-12-11-21-13-19(24)17-5-3-2-4-6-17/h2-10,15,19,21,23-24H,11-14H2,1H3,(H,22,25). The molecule has 2 aromatic carbocycles. The van der Waals surface area contributed by atoms with Gasteiger partial charge < -0.3 is 25.6 Å². The average Bonchev–Trinajstić information content (AvgIpc) is 2.67. The lowest BCUT2D eigenvalue weighted by Crippen LogP contribution is -2.35. The Labute approximate surface area is 153 Å². The van der Waals surface area contributed by atoms with Crippen LogP contribution in [0.1, 0.15) is 30.3 Å². The molecular formula is C20H26N2O4. The molecule has 140 valence electrons. The Morgan fingerprint density at radius 3 is 2.35 bits per heavy atom. The number of aliphatic hydroxyl groups is 2. The predicted molar refractivity (Wildman–Crippen MR) is 99.9 cm³/mol. The van der Waals surface area contributed by atoms with Crippen LogP contribution in [0.2, 0.25) is 0 Å². The molecule has 2 aromatic rings. The first kappa shape index (κ1) is 19.9. The second kappa shape index (κ2) is 10.6. The molecule has 2 rings (SSSR count). The second-order valence-corrected chi connectivity index (χ2v) is 6.01. The minimum Gasteiger partial charge on any atom is -0.484 e. The van der Waals surface area contributed by atoms with E-state index in [-0.39, 0.29) is 12.5 Å². The van der Waals surface area contributed by atoms with E-state index in [9.17, 15) is 15.0 Å². The number of hydrogen-bond acceptors (Lipinski definition) is 5. The van der Waals surface area contributed by atoms with E-state index in [4.69, 9.17) is 4.74 Å². The molecule has 0 aliphatic heterocycles. The molecule has 0 spiro atoms. The molecule has 6 nitrogen and oxygen atoms in total. The Hall–Kier alpha value is -2.41. The van der Waals surface area contributed by atoms with Crippen LogP contribution in [0.4, 0.5) is 0 Å². The normalized spacial score (nSPS) is 13.0. The summed E-state index contributed by atoms with van der Waals surface area (Å²) in [7, 11) is 0. The highest BCUT2D eigenvalue weighted by molar-refractivity contribution is 5.77. The van der Waals surface area contributed by atoms with Crippen LogP contribution in [0.3, 0.4) is 0 Å². The summed E-state index contributed by atoms with van der Waals surface area (Å²) < 4.78 is 5.40. The first-order valence-corrected chi connectivity index (χ1v) is 8.67. The molecule has 2 unspecified atom stereocenters. The number of carbonyl (C=O) groups excluding carboxylic acids is 1. The van der Waals surface area contributed by atoms with Crippen LogP contribution >= 0.6 is 0 Å². The summed E-state index contributed by atoms with van der Waals surface area (Å²) in [6.45, 7) is 3.05. The zero-order valence-corrected chi connectivity index (χ0v) is 14.9. The molecule has 0 aromatic heterocycles. The van der Waals surface area contributed by atoms with Crippen LogP contribution in [0.15, 0.2) is 54.6 Å². The lowest BCUT2D eigenvalue weighted by atomic mass is 10.1. The van der Waals surface area contributed by atoms with Gasteiger partial charge in [0.05, 0.1) is 12.2 Å². The molecule has 0 aliphatic rings. The molecule has 0 aliphatic carbocycles. The van der Waals surface area contributed by atoms with E-state index < -0.39 is 12.2 Å². The number of amides is 1. The van der Waals surface area contributed by atoms with Crippen molar-refractivity contribution in [2.45, 2.75) is 19.1 Å². The number of carbonyl (C=O) groups is 1. The van der Waals surface area contributed by atoms with Gasteiger partial charge in [-0.1, -0.05) is 42.5 Å². The van der Waals surface area contributed by atoms with Gasteiger partial charge in [0, 0.05) is 19.6 Å². The fourth-order valence-electron chi connectivity index (χ4n) is 2.36. The molecule has 2 atom stereocenters. The van der Waals surface area contributed by atoms with Gasteiger partial charge in [-0.2, -0.15) is 0 Å². The molecule has 0 saturated heterocycles. The van der Waals surface area contributed by atoms with Gasteiger partial charge >= 0.3 is 0 Å². The molecule has 1 amide bonds. The lowest BCUT2D eigenvalue weighted by molar-refractivity contribution is -0.123. The van der Waals surface area contributed by atoms with Crippen molar-refractivity contribution in [3.63, 3.8) is 0 Å². The summed E-state index contributed by atoms with van der Waals surface area (Å²) in [5, 5.41) is 25.3. The monoisotopic (exact) mass is 358 g/mol. The number of hydrogen-bond donors (Lipinski definition) is 4. The van der Waals surface area contributed by atoms with Crippen LogP contribution in [0, 0.1) is 0 Å². The maximum atomic E-state index is 11.8. The van der Waals surface area contributed by atoms with Gasteiger partial charge in [-0.15, -0.1) is 0 Å². The molecule has 0 heterocycles. The van der Waals surface area contributed by atoms with Crippen molar-refractivity contribution in [2.75, 3.05) is 26.2 Å². The van der Waals surface area contributed by atoms with Crippen molar-refractivity contribution in [1.29, 1.82) is 0 Å². The summed E-state index contributed by atoms with van der Waals surface area (Å²) in [6, 6.07) is 16.4.